The van der Waals surface area contributed by atoms with Crippen LogP contribution in [0.2, 0.25) is 0 Å². The zero-order valence-electron chi connectivity index (χ0n) is 18.8. The molecule has 0 radical (unpaired) electrons. The van der Waals surface area contributed by atoms with E-state index in [1.54, 1.807) is 6.07 Å². The van der Waals surface area contributed by atoms with Gasteiger partial charge in [0.15, 0.2) is 0 Å². The predicted octanol–water partition coefficient (Wildman–Crippen LogP) is 4.39. The number of halogens is 1. The minimum Gasteiger partial charge on any atom is -0.484 e. The first-order valence-corrected chi connectivity index (χ1v) is 11.6. The molecule has 2 N–H and O–H groups in total. The second kappa shape index (κ2) is 10.1. The smallest absolute Gasteiger partial charge is 0.220 e. The number of rotatable bonds is 7. The number of carbonyl (C=O) groups is 1. The van der Waals surface area contributed by atoms with Crippen LogP contribution in [0.4, 0.5) is 4.39 Å². The molecule has 1 atom stereocenters. The van der Waals surface area contributed by atoms with Gasteiger partial charge in [-0.05, 0) is 29.8 Å². The van der Waals surface area contributed by atoms with E-state index in [1.807, 2.05) is 36.4 Å². The molecule has 1 aliphatic heterocycles. The Hall–Kier alpha value is -3.71. The number of hydrogen-bond acceptors (Lipinski definition) is 4. The molecule has 0 bridgehead atoms. The maximum atomic E-state index is 13.4. The highest BCUT2D eigenvalue weighted by molar-refractivity contribution is 5.77. The molecule has 0 saturated carbocycles. The van der Waals surface area contributed by atoms with Gasteiger partial charge in [0.2, 0.25) is 5.91 Å². The highest BCUT2D eigenvalue weighted by Gasteiger charge is 2.24. The molecule has 0 aliphatic carbocycles. The van der Waals surface area contributed by atoms with Gasteiger partial charge in [0.1, 0.15) is 23.5 Å². The number of para-hydroxylation sites is 1. The van der Waals surface area contributed by atoms with Crippen molar-refractivity contribution in [3.05, 3.63) is 95.6 Å². The molecule has 2 heterocycles. The lowest BCUT2D eigenvalue weighted by Gasteiger charge is -2.24. The molecule has 6 nitrogen and oxygen atoms in total. The van der Waals surface area contributed by atoms with Gasteiger partial charge in [-0.25, -0.2) is 9.37 Å². The van der Waals surface area contributed by atoms with Crippen molar-refractivity contribution >= 4 is 16.9 Å². The van der Waals surface area contributed by atoms with E-state index in [2.05, 4.69) is 38.4 Å². The van der Waals surface area contributed by atoms with Crippen LogP contribution >= 0.6 is 0 Å². The van der Waals surface area contributed by atoms with Gasteiger partial charge in [-0.3, -0.25) is 9.69 Å². The van der Waals surface area contributed by atoms with Crippen LogP contribution in [0.5, 0.6) is 5.75 Å². The highest BCUT2D eigenvalue weighted by atomic mass is 19.1. The van der Waals surface area contributed by atoms with Gasteiger partial charge in [-0.2, -0.15) is 0 Å². The van der Waals surface area contributed by atoms with Crippen molar-refractivity contribution in [1.82, 2.24) is 20.2 Å². The van der Waals surface area contributed by atoms with E-state index in [1.165, 1.54) is 12.1 Å². The molecule has 174 valence electrons. The monoisotopic (exact) mass is 458 g/mol. The Morgan fingerprint density at radius 3 is 2.82 bits per heavy atom. The fourth-order valence-corrected chi connectivity index (χ4v) is 4.32. The summed E-state index contributed by atoms with van der Waals surface area (Å²) in [5.41, 5.74) is 3.63. The van der Waals surface area contributed by atoms with Crippen molar-refractivity contribution in [3.8, 4) is 5.75 Å². The van der Waals surface area contributed by atoms with Gasteiger partial charge in [-0.1, -0.05) is 48.5 Å². The maximum Gasteiger partial charge on any atom is 0.220 e. The SMILES string of the molecule is O=C(CCc1nc2ccc(F)cc2[nH]1)NCCN1Cc2ccccc2OC(c2ccccc2)C1. The Morgan fingerprint density at radius 1 is 1.12 bits per heavy atom. The van der Waals surface area contributed by atoms with Crippen LogP contribution in [0.3, 0.4) is 0 Å². The number of benzene rings is 3. The molecule has 1 unspecified atom stereocenters. The van der Waals surface area contributed by atoms with Gasteiger partial charge in [0.05, 0.1) is 11.0 Å². The summed E-state index contributed by atoms with van der Waals surface area (Å²) in [6.45, 7) is 2.78. The summed E-state index contributed by atoms with van der Waals surface area (Å²) in [4.78, 5) is 22.2. The van der Waals surface area contributed by atoms with Crippen LogP contribution in [0.1, 0.15) is 29.5 Å². The standard InChI is InChI=1S/C27H27FN4O2/c28-21-10-11-22-23(16-21)31-26(30-22)12-13-27(33)29-14-15-32-17-20-8-4-5-9-24(20)34-25(18-32)19-6-2-1-3-7-19/h1-11,16,25H,12-15,17-18H2,(H,29,33)(H,30,31). The summed E-state index contributed by atoms with van der Waals surface area (Å²) >= 11 is 0. The second-order valence-electron chi connectivity index (χ2n) is 8.55. The number of aromatic amines is 1. The number of imidazole rings is 1. The Labute approximate surface area is 197 Å². The number of aryl methyl sites for hydroxylation is 1. The number of carbonyl (C=O) groups excluding carboxylic acids is 1. The molecule has 3 aromatic carbocycles. The van der Waals surface area contributed by atoms with Crippen LogP contribution < -0.4 is 10.1 Å². The summed E-state index contributed by atoms with van der Waals surface area (Å²) in [6.07, 6.45) is 0.725. The van der Waals surface area contributed by atoms with Crippen LogP contribution in [0.15, 0.2) is 72.8 Å². The summed E-state index contributed by atoms with van der Waals surface area (Å²) < 4.78 is 19.7. The minimum atomic E-state index is -0.309. The maximum absolute atomic E-state index is 13.4. The lowest BCUT2D eigenvalue weighted by atomic mass is 10.1. The molecule has 1 aromatic heterocycles. The normalized spacial score (nSPS) is 16.0. The van der Waals surface area contributed by atoms with Crippen LogP contribution in [0.25, 0.3) is 11.0 Å². The molecule has 0 fully saturated rings. The van der Waals surface area contributed by atoms with Gasteiger partial charge < -0.3 is 15.0 Å². The topological polar surface area (TPSA) is 70.2 Å². The molecule has 4 aromatic rings. The molecule has 7 heteroatoms. The number of fused-ring (bicyclic) bond motifs is 2. The first kappa shape index (κ1) is 22.1. The largest absolute Gasteiger partial charge is 0.484 e. The Kier molecular flexibility index (Phi) is 6.53. The Bertz CT molecular complexity index is 1270. The average molecular weight is 459 g/mol. The van der Waals surface area contributed by atoms with Crippen LogP contribution in [0, 0.1) is 5.82 Å². The lowest BCUT2D eigenvalue weighted by Crippen LogP contribution is -2.36. The van der Waals surface area contributed by atoms with Crippen molar-refractivity contribution in [2.45, 2.75) is 25.5 Å². The molecular weight excluding hydrogens is 431 g/mol. The van der Waals surface area contributed by atoms with Crippen molar-refractivity contribution in [2.24, 2.45) is 0 Å². The summed E-state index contributed by atoms with van der Waals surface area (Å²) in [5.74, 6) is 1.26. The van der Waals surface area contributed by atoms with E-state index in [-0.39, 0.29) is 17.8 Å². The number of aromatic nitrogens is 2. The van der Waals surface area contributed by atoms with E-state index in [9.17, 15) is 9.18 Å². The van der Waals surface area contributed by atoms with Crippen molar-refractivity contribution in [3.63, 3.8) is 0 Å². The van der Waals surface area contributed by atoms with E-state index in [0.717, 1.165) is 36.5 Å². The van der Waals surface area contributed by atoms with Crippen molar-refractivity contribution in [1.29, 1.82) is 0 Å². The highest BCUT2D eigenvalue weighted by Crippen LogP contribution is 2.30. The van der Waals surface area contributed by atoms with Gasteiger partial charge in [0.25, 0.3) is 0 Å². The number of ether oxygens (including phenoxy) is 1. The van der Waals surface area contributed by atoms with Gasteiger partial charge >= 0.3 is 0 Å². The third-order valence-electron chi connectivity index (χ3n) is 6.06. The number of H-pyrrole nitrogens is 1. The summed E-state index contributed by atoms with van der Waals surface area (Å²) in [5, 5.41) is 3.02. The predicted molar refractivity (Wildman–Crippen MR) is 129 cm³/mol. The third-order valence-corrected chi connectivity index (χ3v) is 6.06. The van der Waals surface area contributed by atoms with E-state index in [4.69, 9.17) is 4.74 Å². The second-order valence-corrected chi connectivity index (χ2v) is 8.55. The zero-order chi connectivity index (χ0) is 23.3. The van der Waals surface area contributed by atoms with Crippen molar-refractivity contribution < 1.29 is 13.9 Å². The number of amides is 1. The molecule has 0 saturated heterocycles. The molecule has 5 rings (SSSR count). The van der Waals surface area contributed by atoms with E-state index in [0.29, 0.717) is 36.2 Å². The summed E-state index contributed by atoms with van der Waals surface area (Å²) in [6, 6.07) is 22.8. The zero-order valence-corrected chi connectivity index (χ0v) is 18.8. The fourth-order valence-electron chi connectivity index (χ4n) is 4.32. The average Bonchev–Trinajstić information content (AvgIpc) is 3.15. The van der Waals surface area contributed by atoms with Gasteiger partial charge in [-0.15, -0.1) is 0 Å². The number of nitrogens with one attached hydrogen (secondary N) is 2. The Morgan fingerprint density at radius 2 is 1.94 bits per heavy atom. The quantitative estimate of drug-likeness (QED) is 0.431. The van der Waals surface area contributed by atoms with Gasteiger partial charge in [0, 0.05) is 44.6 Å². The molecule has 1 aliphatic rings. The van der Waals surface area contributed by atoms with Crippen LogP contribution in [-0.2, 0) is 17.8 Å². The first-order valence-electron chi connectivity index (χ1n) is 11.6. The fraction of sp³-hybridized carbons (Fsp3) is 0.259. The molecule has 0 spiro atoms. The third kappa shape index (κ3) is 5.26. The minimum absolute atomic E-state index is 0.0299. The molecule has 34 heavy (non-hydrogen) atoms. The number of hydrogen-bond donors (Lipinski definition) is 2. The van der Waals surface area contributed by atoms with Crippen LogP contribution in [-0.4, -0.2) is 40.4 Å². The Balaban J connectivity index is 1.16. The summed E-state index contributed by atoms with van der Waals surface area (Å²) in [7, 11) is 0. The van der Waals surface area contributed by atoms with E-state index < -0.39 is 0 Å². The van der Waals surface area contributed by atoms with E-state index >= 15 is 0 Å². The lowest BCUT2D eigenvalue weighted by molar-refractivity contribution is -0.121. The first-order chi connectivity index (χ1) is 16.6. The number of nitrogens with zero attached hydrogens (tertiary/aromatic N) is 2. The van der Waals surface area contributed by atoms with Crippen molar-refractivity contribution in [2.75, 3.05) is 19.6 Å². The molecule has 1 amide bonds. The molecular formula is C27H27FN4O2.